The van der Waals surface area contributed by atoms with Gasteiger partial charge in [0.15, 0.2) is 0 Å². The summed E-state index contributed by atoms with van der Waals surface area (Å²) in [5.74, 6) is -0.244. The van der Waals surface area contributed by atoms with Crippen LogP contribution >= 0.6 is 0 Å². The molecule has 1 aliphatic rings. The van der Waals surface area contributed by atoms with E-state index in [0.29, 0.717) is 25.7 Å². The molecule has 110 valence electrons. The summed E-state index contributed by atoms with van der Waals surface area (Å²) in [7, 11) is 3.21. The van der Waals surface area contributed by atoms with Crippen LogP contribution in [-0.4, -0.2) is 75.7 Å². The van der Waals surface area contributed by atoms with Crippen LogP contribution in [0.2, 0.25) is 0 Å². The lowest BCUT2D eigenvalue weighted by molar-refractivity contribution is -0.136. The van der Waals surface area contributed by atoms with Crippen LogP contribution in [0.25, 0.3) is 0 Å². The fourth-order valence-electron chi connectivity index (χ4n) is 1.86. The molecule has 0 aliphatic carbocycles. The zero-order valence-electron chi connectivity index (χ0n) is 11.9. The predicted molar refractivity (Wildman–Crippen MR) is 71.8 cm³/mol. The maximum atomic E-state index is 12.1. The number of ether oxygens (including phenoxy) is 1. The van der Waals surface area contributed by atoms with E-state index in [-0.39, 0.29) is 24.4 Å². The van der Waals surface area contributed by atoms with Crippen LogP contribution in [0.5, 0.6) is 0 Å². The largest absolute Gasteiger partial charge is 0.383 e. The van der Waals surface area contributed by atoms with Crippen LogP contribution in [0.4, 0.5) is 0 Å². The quantitative estimate of drug-likeness (QED) is 0.495. The first-order valence-electron chi connectivity index (χ1n) is 6.52. The van der Waals surface area contributed by atoms with E-state index in [0.717, 1.165) is 6.54 Å². The second kappa shape index (κ2) is 8.08. The predicted octanol–water partition coefficient (Wildman–Crippen LogP) is -1.84. The van der Waals surface area contributed by atoms with Gasteiger partial charge in [0.05, 0.1) is 19.2 Å². The molecule has 3 N–H and O–H groups in total. The molecule has 1 heterocycles. The van der Waals surface area contributed by atoms with Crippen molar-refractivity contribution in [3.8, 4) is 0 Å². The lowest BCUT2D eigenvalue weighted by Gasteiger charge is -2.30. The van der Waals surface area contributed by atoms with Crippen molar-refractivity contribution in [2.75, 3.05) is 46.9 Å². The first-order chi connectivity index (χ1) is 9.04. The smallest absolute Gasteiger partial charge is 0.241 e. The summed E-state index contributed by atoms with van der Waals surface area (Å²) in [5, 5.41) is 9.09. The highest BCUT2D eigenvalue weighted by Crippen LogP contribution is 1.97. The Morgan fingerprint density at radius 3 is 2.68 bits per heavy atom. The molecule has 2 atom stereocenters. The SMILES string of the molecule is COCCNC(=O)CN(C)C(=O)C1CNC(C)CN1. The average molecular weight is 272 g/mol. The van der Waals surface area contributed by atoms with Crippen LogP contribution in [0.15, 0.2) is 0 Å². The van der Waals surface area contributed by atoms with Crippen molar-refractivity contribution in [2.24, 2.45) is 0 Å². The highest BCUT2D eigenvalue weighted by Gasteiger charge is 2.26. The maximum Gasteiger partial charge on any atom is 0.241 e. The minimum absolute atomic E-state index is 0.0658. The third kappa shape index (κ3) is 5.54. The van der Waals surface area contributed by atoms with Gasteiger partial charge in [-0.05, 0) is 6.92 Å². The van der Waals surface area contributed by atoms with E-state index >= 15 is 0 Å². The molecule has 0 radical (unpaired) electrons. The Bertz CT molecular complexity index is 303. The minimum Gasteiger partial charge on any atom is -0.383 e. The van der Waals surface area contributed by atoms with E-state index in [1.54, 1.807) is 14.2 Å². The van der Waals surface area contributed by atoms with Crippen molar-refractivity contribution < 1.29 is 14.3 Å². The van der Waals surface area contributed by atoms with Gasteiger partial charge in [-0.1, -0.05) is 0 Å². The molecular formula is C12H24N4O3. The molecule has 0 spiro atoms. The molecule has 19 heavy (non-hydrogen) atoms. The molecule has 0 bridgehead atoms. The molecule has 1 rings (SSSR count). The summed E-state index contributed by atoms with van der Waals surface area (Å²) >= 11 is 0. The summed E-state index contributed by atoms with van der Waals surface area (Å²) in [4.78, 5) is 25.1. The standard InChI is InChI=1S/C12H24N4O3/c1-9-6-15-10(7-14-9)12(18)16(2)8-11(17)13-4-5-19-3/h9-10,14-15H,4-8H2,1-3H3,(H,13,17). The van der Waals surface area contributed by atoms with Gasteiger partial charge < -0.3 is 25.6 Å². The van der Waals surface area contributed by atoms with Gasteiger partial charge in [-0.15, -0.1) is 0 Å². The number of likely N-dealkylation sites (N-methyl/N-ethyl adjacent to an activating group) is 1. The van der Waals surface area contributed by atoms with E-state index in [1.165, 1.54) is 4.90 Å². The van der Waals surface area contributed by atoms with E-state index in [2.05, 4.69) is 22.9 Å². The molecule has 7 nitrogen and oxygen atoms in total. The molecular weight excluding hydrogens is 248 g/mol. The van der Waals surface area contributed by atoms with Crippen molar-refractivity contribution >= 4 is 11.8 Å². The molecule has 1 aliphatic heterocycles. The van der Waals surface area contributed by atoms with Gasteiger partial charge in [0.2, 0.25) is 11.8 Å². The summed E-state index contributed by atoms with van der Waals surface area (Å²) in [5.41, 5.74) is 0. The number of piperazine rings is 1. The number of amides is 2. The van der Waals surface area contributed by atoms with Gasteiger partial charge in [0.25, 0.3) is 0 Å². The minimum atomic E-state index is -0.257. The van der Waals surface area contributed by atoms with E-state index in [9.17, 15) is 9.59 Å². The number of carbonyl (C=O) groups excluding carboxylic acids is 2. The lowest BCUT2D eigenvalue weighted by Crippen LogP contribution is -2.59. The Kier molecular flexibility index (Phi) is 6.75. The molecule has 2 unspecified atom stereocenters. The lowest BCUT2D eigenvalue weighted by atomic mass is 10.1. The van der Waals surface area contributed by atoms with Gasteiger partial charge >= 0.3 is 0 Å². The number of nitrogens with zero attached hydrogens (tertiary/aromatic N) is 1. The van der Waals surface area contributed by atoms with Crippen molar-refractivity contribution in [2.45, 2.75) is 19.0 Å². The Balaban J connectivity index is 2.29. The molecule has 1 fully saturated rings. The zero-order valence-corrected chi connectivity index (χ0v) is 11.9. The van der Waals surface area contributed by atoms with E-state index in [4.69, 9.17) is 4.74 Å². The second-order valence-electron chi connectivity index (χ2n) is 4.81. The number of hydrogen-bond acceptors (Lipinski definition) is 5. The summed E-state index contributed by atoms with van der Waals surface area (Å²) < 4.78 is 4.84. The highest BCUT2D eigenvalue weighted by atomic mass is 16.5. The Hall–Kier alpha value is -1.18. The monoisotopic (exact) mass is 272 g/mol. The normalized spacial score (nSPS) is 22.9. The van der Waals surface area contributed by atoms with Gasteiger partial charge in [-0.3, -0.25) is 9.59 Å². The Morgan fingerprint density at radius 1 is 1.37 bits per heavy atom. The van der Waals surface area contributed by atoms with E-state index < -0.39 is 0 Å². The van der Waals surface area contributed by atoms with Crippen molar-refractivity contribution in [1.82, 2.24) is 20.9 Å². The maximum absolute atomic E-state index is 12.1. The number of rotatable bonds is 6. The number of methoxy groups -OCH3 is 1. The van der Waals surface area contributed by atoms with Crippen molar-refractivity contribution in [3.63, 3.8) is 0 Å². The van der Waals surface area contributed by atoms with Crippen LogP contribution in [0.1, 0.15) is 6.92 Å². The van der Waals surface area contributed by atoms with Crippen molar-refractivity contribution in [1.29, 1.82) is 0 Å². The van der Waals surface area contributed by atoms with Gasteiger partial charge in [-0.2, -0.15) is 0 Å². The molecule has 7 heteroatoms. The average Bonchev–Trinajstić information content (AvgIpc) is 2.39. The molecule has 0 aromatic heterocycles. The molecule has 0 saturated carbocycles. The molecule has 0 aromatic carbocycles. The third-order valence-electron chi connectivity index (χ3n) is 3.02. The fourth-order valence-corrected chi connectivity index (χ4v) is 1.86. The van der Waals surface area contributed by atoms with Gasteiger partial charge in [0, 0.05) is 39.8 Å². The van der Waals surface area contributed by atoms with Gasteiger partial charge in [-0.25, -0.2) is 0 Å². The number of hydrogen-bond donors (Lipinski definition) is 3. The summed E-state index contributed by atoms with van der Waals surface area (Å²) in [6.07, 6.45) is 0. The summed E-state index contributed by atoms with van der Waals surface area (Å²) in [6.45, 7) is 4.39. The van der Waals surface area contributed by atoms with Crippen molar-refractivity contribution in [3.05, 3.63) is 0 Å². The zero-order chi connectivity index (χ0) is 14.3. The number of carbonyl (C=O) groups is 2. The second-order valence-corrected chi connectivity index (χ2v) is 4.81. The Morgan fingerprint density at radius 2 is 2.11 bits per heavy atom. The summed E-state index contributed by atoms with van der Waals surface area (Å²) in [6, 6.07) is 0.111. The first kappa shape index (κ1) is 15.9. The van der Waals surface area contributed by atoms with E-state index in [1.807, 2.05) is 0 Å². The fraction of sp³-hybridized carbons (Fsp3) is 0.833. The van der Waals surface area contributed by atoms with Crippen LogP contribution < -0.4 is 16.0 Å². The van der Waals surface area contributed by atoms with Crippen LogP contribution in [0.3, 0.4) is 0 Å². The molecule has 1 saturated heterocycles. The Labute approximate surface area is 114 Å². The molecule has 0 aromatic rings. The van der Waals surface area contributed by atoms with Crippen LogP contribution in [-0.2, 0) is 14.3 Å². The number of nitrogens with one attached hydrogen (secondary N) is 3. The third-order valence-corrected chi connectivity index (χ3v) is 3.02. The highest BCUT2D eigenvalue weighted by molar-refractivity contribution is 5.87. The first-order valence-corrected chi connectivity index (χ1v) is 6.52. The van der Waals surface area contributed by atoms with Gasteiger partial charge in [0.1, 0.15) is 0 Å². The topological polar surface area (TPSA) is 82.7 Å². The molecule has 2 amide bonds. The van der Waals surface area contributed by atoms with Crippen LogP contribution in [0, 0.1) is 0 Å².